The Kier molecular flexibility index (Phi) is 10.9. The number of benzene rings is 1. The van der Waals surface area contributed by atoms with Crippen LogP contribution in [0, 0.1) is 5.92 Å². The molecule has 46 heavy (non-hydrogen) atoms. The van der Waals surface area contributed by atoms with Crippen LogP contribution in [0.2, 0.25) is 0 Å². The standard InChI is InChI=1S/C28H31F5N8O2.CH2O2/c1-2-18-11-19(3-4-20(18)26(42)36-7-10-43-9-5-34)38-24-25-37-14-22(41(25)8-6-35-24)21-16-40(39-23(21)28(31,32)33)15-17-12-27(29,30)13-17;2-1-3/h3-4,6,8,11,14,16-17H,2,5,7,9-10,12-13,15,34H2,1H3,(H,35,38)(H,36,42);1H,(H,2,3). The van der Waals surface area contributed by atoms with E-state index in [0.717, 1.165) is 10.2 Å². The number of fused-ring (bicyclic) bond motifs is 1. The fraction of sp³-hybridized carbons (Fsp3) is 0.414. The molecule has 248 valence electrons. The highest BCUT2D eigenvalue weighted by Gasteiger charge is 2.46. The largest absolute Gasteiger partial charge is 0.483 e. The normalized spacial score (nSPS) is 14.3. The number of nitrogens with two attached hydrogens (primary N) is 1. The van der Waals surface area contributed by atoms with E-state index < -0.39 is 23.7 Å². The second kappa shape index (κ2) is 14.6. The monoisotopic (exact) mass is 652 g/mol. The van der Waals surface area contributed by atoms with Gasteiger partial charge in [-0.15, -0.1) is 0 Å². The summed E-state index contributed by atoms with van der Waals surface area (Å²) in [6, 6.07) is 5.17. The third kappa shape index (κ3) is 8.14. The Morgan fingerprint density at radius 1 is 1.24 bits per heavy atom. The fourth-order valence-corrected chi connectivity index (χ4v) is 5.14. The number of carboxylic acid groups (broad SMARTS) is 1. The molecule has 1 amide bonds. The number of rotatable bonds is 12. The first-order valence-electron chi connectivity index (χ1n) is 14.3. The number of nitrogens with zero attached hydrogens (tertiary/aromatic N) is 5. The Morgan fingerprint density at radius 2 is 1.98 bits per heavy atom. The molecule has 1 aromatic carbocycles. The van der Waals surface area contributed by atoms with E-state index in [1.165, 1.54) is 29.2 Å². The van der Waals surface area contributed by atoms with Crippen LogP contribution in [0.5, 0.6) is 0 Å². The van der Waals surface area contributed by atoms with Gasteiger partial charge in [-0.1, -0.05) is 6.92 Å². The molecular weight excluding hydrogens is 619 g/mol. The van der Waals surface area contributed by atoms with E-state index >= 15 is 0 Å². The summed E-state index contributed by atoms with van der Waals surface area (Å²) in [5.41, 5.74) is 6.29. The van der Waals surface area contributed by atoms with Crippen molar-refractivity contribution in [1.82, 2.24) is 29.5 Å². The quantitative estimate of drug-likeness (QED) is 0.0990. The van der Waals surface area contributed by atoms with Crippen LogP contribution in [0.1, 0.15) is 41.4 Å². The number of alkyl halides is 5. The minimum absolute atomic E-state index is 0.0421. The van der Waals surface area contributed by atoms with Crippen molar-refractivity contribution in [2.24, 2.45) is 11.7 Å². The minimum atomic E-state index is -4.77. The molecule has 4 aromatic rings. The van der Waals surface area contributed by atoms with Crippen molar-refractivity contribution in [2.45, 2.75) is 44.8 Å². The lowest BCUT2D eigenvalue weighted by Crippen LogP contribution is -2.37. The lowest BCUT2D eigenvalue weighted by molar-refractivity contribution is -0.141. The number of anilines is 2. The van der Waals surface area contributed by atoms with Crippen molar-refractivity contribution in [3.8, 4) is 11.3 Å². The molecule has 1 saturated carbocycles. The first-order valence-corrected chi connectivity index (χ1v) is 14.3. The number of nitrogens with one attached hydrogen (secondary N) is 2. The van der Waals surface area contributed by atoms with E-state index in [2.05, 4.69) is 25.7 Å². The molecule has 5 rings (SSSR count). The molecule has 0 bridgehead atoms. The molecule has 5 N–H and O–H groups in total. The maximum Gasteiger partial charge on any atom is 0.435 e. The van der Waals surface area contributed by atoms with Gasteiger partial charge in [-0.3, -0.25) is 18.7 Å². The predicted octanol–water partition coefficient (Wildman–Crippen LogP) is 4.37. The van der Waals surface area contributed by atoms with Gasteiger partial charge in [0, 0.05) is 62.3 Å². The van der Waals surface area contributed by atoms with Crippen LogP contribution >= 0.6 is 0 Å². The zero-order chi connectivity index (χ0) is 33.5. The number of ether oxygens (including phenoxy) is 1. The zero-order valence-corrected chi connectivity index (χ0v) is 24.7. The van der Waals surface area contributed by atoms with Crippen LogP contribution in [0.25, 0.3) is 16.9 Å². The average molecular weight is 653 g/mol. The summed E-state index contributed by atoms with van der Waals surface area (Å²) in [4.78, 5) is 29.7. The SMILES string of the molecule is CCc1cc(Nc2nccn3c(-c4cn(CC5CC(F)(F)C5)nc4C(F)(F)F)cnc23)ccc1C(=O)NCCOCCN.O=CO. The van der Waals surface area contributed by atoms with Crippen LogP contribution in [0.15, 0.2) is 43.0 Å². The summed E-state index contributed by atoms with van der Waals surface area (Å²) in [6.45, 7) is 3.11. The number of aryl methyl sites for hydroxylation is 1. The van der Waals surface area contributed by atoms with Gasteiger partial charge in [-0.05, 0) is 36.1 Å². The molecule has 0 spiro atoms. The first-order chi connectivity index (χ1) is 21.9. The molecule has 17 heteroatoms. The average Bonchev–Trinajstić information content (AvgIpc) is 3.61. The lowest BCUT2D eigenvalue weighted by atomic mass is 9.81. The van der Waals surface area contributed by atoms with Gasteiger partial charge in [-0.2, -0.15) is 18.3 Å². The Balaban J connectivity index is 0.00000154. The summed E-state index contributed by atoms with van der Waals surface area (Å²) in [5.74, 6) is -3.20. The van der Waals surface area contributed by atoms with Crippen molar-refractivity contribution >= 4 is 29.5 Å². The molecule has 1 aliphatic carbocycles. The smallest absolute Gasteiger partial charge is 0.435 e. The van der Waals surface area contributed by atoms with E-state index in [1.807, 2.05) is 6.92 Å². The topological polar surface area (TPSA) is 162 Å². The van der Waals surface area contributed by atoms with Gasteiger partial charge < -0.3 is 26.2 Å². The fourth-order valence-electron chi connectivity index (χ4n) is 5.14. The Bertz CT molecular complexity index is 1650. The van der Waals surface area contributed by atoms with Gasteiger partial charge in [0.1, 0.15) is 0 Å². The van der Waals surface area contributed by atoms with Gasteiger partial charge in [-0.25, -0.2) is 18.7 Å². The molecule has 0 aliphatic heterocycles. The van der Waals surface area contributed by atoms with E-state index in [9.17, 15) is 26.7 Å². The maximum absolute atomic E-state index is 14.0. The summed E-state index contributed by atoms with van der Waals surface area (Å²) in [7, 11) is 0. The van der Waals surface area contributed by atoms with E-state index in [-0.39, 0.29) is 54.5 Å². The van der Waals surface area contributed by atoms with Gasteiger partial charge >= 0.3 is 6.18 Å². The van der Waals surface area contributed by atoms with Crippen LogP contribution in [-0.2, 0) is 28.7 Å². The highest BCUT2D eigenvalue weighted by atomic mass is 19.4. The van der Waals surface area contributed by atoms with Crippen molar-refractivity contribution in [3.05, 3.63) is 59.8 Å². The molecule has 3 heterocycles. The van der Waals surface area contributed by atoms with Crippen LogP contribution in [0.3, 0.4) is 0 Å². The van der Waals surface area contributed by atoms with Gasteiger partial charge in [0.15, 0.2) is 17.2 Å². The highest BCUT2D eigenvalue weighted by molar-refractivity contribution is 5.96. The molecule has 0 saturated heterocycles. The molecule has 1 fully saturated rings. The number of hydrogen-bond acceptors (Lipinski definition) is 8. The van der Waals surface area contributed by atoms with Crippen molar-refractivity contribution in [1.29, 1.82) is 0 Å². The first kappa shape index (κ1) is 34.2. The highest BCUT2D eigenvalue weighted by Crippen LogP contribution is 2.44. The maximum atomic E-state index is 14.0. The molecule has 0 radical (unpaired) electrons. The number of halogens is 5. The number of amides is 1. The molecule has 0 unspecified atom stereocenters. The Labute approximate surface area is 259 Å². The number of imidazole rings is 1. The lowest BCUT2D eigenvalue weighted by Gasteiger charge is -2.34. The van der Waals surface area contributed by atoms with Gasteiger partial charge in [0.25, 0.3) is 12.4 Å². The van der Waals surface area contributed by atoms with Crippen LogP contribution in [-0.4, -0.2) is 73.9 Å². The number of carbonyl (C=O) groups is 2. The van der Waals surface area contributed by atoms with Crippen molar-refractivity contribution in [3.63, 3.8) is 0 Å². The van der Waals surface area contributed by atoms with E-state index in [1.54, 1.807) is 18.2 Å². The summed E-state index contributed by atoms with van der Waals surface area (Å²) in [5, 5.41) is 16.6. The van der Waals surface area contributed by atoms with Gasteiger partial charge in [0.2, 0.25) is 5.92 Å². The van der Waals surface area contributed by atoms with E-state index in [4.69, 9.17) is 20.4 Å². The molecule has 0 atom stereocenters. The second-order valence-corrected chi connectivity index (χ2v) is 10.5. The number of aromatic nitrogens is 5. The molecular formula is C29H33F5N8O4. The zero-order valence-electron chi connectivity index (χ0n) is 24.7. The van der Waals surface area contributed by atoms with Crippen LogP contribution in [0.4, 0.5) is 33.5 Å². The van der Waals surface area contributed by atoms with Crippen molar-refractivity contribution in [2.75, 3.05) is 31.6 Å². The molecule has 12 nitrogen and oxygen atoms in total. The summed E-state index contributed by atoms with van der Waals surface area (Å²) >= 11 is 0. The number of hydrogen-bond donors (Lipinski definition) is 4. The van der Waals surface area contributed by atoms with Crippen LogP contribution < -0.4 is 16.4 Å². The minimum Gasteiger partial charge on any atom is -0.483 e. The number of carbonyl (C=O) groups excluding carboxylic acids is 1. The third-order valence-corrected chi connectivity index (χ3v) is 7.14. The summed E-state index contributed by atoms with van der Waals surface area (Å²) < 4.78 is 76.3. The third-order valence-electron chi connectivity index (χ3n) is 7.14. The Morgan fingerprint density at radius 3 is 2.63 bits per heavy atom. The predicted molar refractivity (Wildman–Crippen MR) is 157 cm³/mol. The molecule has 3 aromatic heterocycles. The van der Waals surface area contributed by atoms with Crippen molar-refractivity contribution < 1.29 is 41.4 Å². The Hall–Kier alpha value is -4.64. The summed E-state index contributed by atoms with van der Waals surface area (Å²) in [6.07, 6.45) is 0.445. The van der Waals surface area contributed by atoms with Gasteiger partial charge in [0.05, 0.1) is 30.7 Å². The second-order valence-electron chi connectivity index (χ2n) is 10.5. The molecule has 1 aliphatic rings. The van der Waals surface area contributed by atoms with E-state index in [0.29, 0.717) is 44.0 Å².